The second kappa shape index (κ2) is 5.90. The molecule has 0 aromatic carbocycles. The van der Waals surface area contributed by atoms with E-state index in [0.717, 1.165) is 10.7 Å². The molecule has 0 saturated heterocycles. The number of aryl methyl sites for hydroxylation is 2. The Kier molecular flexibility index (Phi) is 5.05. The first-order chi connectivity index (χ1) is 7.79. The van der Waals surface area contributed by atoms with Crippen LogP contribution in [0.1, 0.15) is 35.0 Å². The molecule has 3 N–H and O–H groups in total. The second-order valence-electron chi connectivity index (χ2n) is 4.07. The molecule has 7 heteroatoms. The highest BCUT2D eigenvalue weighted by Crippen LogP contribution is 2.22. The summed E-state index contributed by atoms with van der Waals surface area (Å²) in [6.07, 6.45) is 0.519. The maximum atomic E-state index is 10.7. The van der Waals surface area contributed by atoms with Crippen molar-refractivity contribution in [1.82, 2.24) is 10.3 Å². The summed E-state index contributed by atoms with van der Waals surface area (Å²) < 4.78 is 21.5. The van der Waals surface area contributed by atoms with E-state index in [4.69, 9.17) is 5.14 Å². The molecule has 0 radical (unpaired) electrons. The molecular weight excluding hydrogens is 258 g/mol. The molecule has 0 spiro atoms. The van der Waals surface area contributed by atoms with E-state index in [2.05, 4.69) is 10.3 Å². The zero-order chi connectivity index (χ0) is 13.1. The zero-order valence-corrected chi connectivity index (χ0v) is 12.0. The van der Waals surface area contributed by atoms with Gasteiger partial charge in [0.05, 0.1) is 16.5 Å². The fourth-order valence-electron chi connectivity index (χ4n) is 1.64. The maximum Gasteiger partial charge on any atom is 0.209 e. The van der Waals surface area contributed by atoms with Gasteiger partial charge in [-0.3, -0.25) is 0 Å². The van der Waals surface area contributed by atoms with Gasteiger partial charge in [0.2, 0.25) is 10.0 Å². The number of rotatable bonds is 6. The first-order valence-electron chi connectivity index (χ1n) is 5.47. The van der Waals surface area contributed by atoms with Gasteiger partial charge in [-0.2, -0.15) is 0 Å². The Morgan fingerprint density at radius 3 is 2.59 bits per heavy atom. The summed E-state index contributed by atoms with van der Waals surface area (Å²) in [6.45, 7) is 6.67. The summed E-state index contributed by atoms with van der Waals surface area (Å²) in [5, 5.41) is 9.23. The van der Waals surface area contributed by atoms with E-state index in [9.17, 15) is 8.42 Å². The van der Waals surface area contributed by atoms with Gasteiger partial charge in [-0.05, 0) is 33.7 Å². The largest absolute Gasteiger partial charge is 0.309 e. The summed E-state index contributed by atoms with van der Waals surface area (Å²) in [4.78, 5) is 5.65. The summed E-state index contributed by atoms with van der Waals surface area (Å²) in [5.41, 5.74) is 1.04. The van der Waals surface area contributed by atoms with Gasteiger partial charge >= 0.3 is 0 Å². The van der Waals surface area contributed by atoms with Crippen molar-refractivity contribution in [2.24, 2.45) is 5.14 Å². The van der Waals surface area contributed by atoms with Crippen LogP contribution in [-0.4, -0.2) is 25.7 Å². The van der Waals surface area contributed by atoms with E-state index in [-0.39, 0.29) is 11.8 Å². The SMILES string of the molecule is Cc1nc(C(C)NCCCS(N)(=O)=O)c(C)s1. The number of nitrogens with two attached hydrogens (primary N) is 1. The molecule has 0 fully saturated rings. The Balaban J connectivity index is 2.40. The highest BCUT2D eigenvalue weighted by molar-refractivity contribution is 7.89. The van der Waals surface area contributed by atoms with Crippen molar-refractivity contribution in [3.63, 3.8) is 0 Å². The summed E-state index contributed by atoms with van der Waals surface area (Å²) in [5.74, 6) is 0.0157. The second-order valence-corrected chi connectivity index (χ2v) is 7.21. The Bertz CT molecular complexity index is 468. The van der Waals surface area contributed by atoms with Crippen molar-refractivity contribution in [3.8, 4) is 0 Å². The van der Waals surface area contributed by atoms with Gasteiger partial charge in [0.1, 0.15) is 0 Å². The van der Waals surface area contributed by atoms with Crippen molar-refractivity contribution < 1.29 is 8.42 Å². The molecule has 1 heterocycles. The van der Waals surface area contributed by atoms with E-state index in [1.807, 2.05) is 20.8 Å². The van der Waals surface area contributed by atoms with Gasteiger partial charge in [0.15, 0.2) is 0 Å². The zero-order valence-electron chi connectivity index (χ0n) is 10.4. The molecule has 0 aliphatic carbocycles. The predicted molar refractivity (Wildman–Crippen MR) is 70.6 cm³/mol. The highest BCUT2D eigenvalue weighted by Gasteiger charge is 2.12. The normalized spacial score (nSPS) is 13.9. The molecular formula is C10H19N3O2S2. The fraction of sp³-hybridized carbons (Fsp3) is 0.700. The number of nitrogens with one attached hydrogen (secondary N) is 1. The monoisotopic (exact) mass is 277 g/mol. The molecule has 0 saturated carbocycles. The van der Waals surface area contributed by atoms with E-state index in [1.165, 1.54) is 4.88 Å². The van der Waals surface area contributed by atoms with Crippen LogP contribution in [0.25, 0.3) is 0 Å². The highest BCUT2D eigenvalue weighted by atomic mass is 32.2. The molecule has 0 aliphatic heterocycles. The van der Waals surface area contributed by atoms with Gasteiger partial charge in [0.25, 0.3) is 0 Å². The molecule has 98 valence electrons. The van der Waals surface area contributed by atoms with Crippen LogP contribution in [0.2, 0.25) is 0 Å². The van der Waals surface area contributed by atoms with Crippen molar-refractivity contribution >= 4 is 21.4 Å². The average molecular weight is 277 g/mol. The van der Waals surface area contributed by atoms with Crippen molar-refractivity contribution in [1.29, 1.82) is 0 Å². The van der Waals surface area contributed by atoms with Crippen molar-refractivity contribution in [3.05, 3.63) is 15.6 Å². The molecule has 1 aromatic rings. The quantitative estimate of drug-likeness (QED) is 0.762. The predicted octanol–water partition coefficient (Wildman–Crippen LogP) is 1.09. The minimum absolute atomic E-state index is 0.0157. The molecule has 0 aliphatic rings. The smallest absolute Gasteiger partial charge is 0.209 e. The third-order valence-corrected chi connectivity index (χ3v) is 4.17. The van der Waals surface area contributed by atoms with Gasteiger partial charge in [-0.25, -0.2) is 18.5 Å². The van der Waals surface area contributed by atoms with Crippen LogP contribution in [-0.2, 0) is 10.0 Å². The molecule has 1 aromatic heterocycles. The van der Waals surface area contributed by atoms with Gasteiger partial charge in [-0.1, -0.05) is 0 Å². The molecule has 1 atom stereocenters. The third-order valence-electron chi connectivity index (χ3n) is 2.41. The molecule has 0 bridgehead atoms. The van der Waals surface area contributed by atoms with E-state index in [1.54, 1.807) is 11.3 Å². The number of primary sulfonamides is 1. The molecule has 1 rings (SSSR count). The van der Waals surface area contributed by atoms with E-state index in [0.29, 0.717) is 13.0 Å². The van der Waals surface area contributed by atoms with Crippen LogP contribution in [0.4, 0.5) is 0 Å². The van der Waals surface area contributed by atoms with Gasteiger partial charge in [0, 0.05) is 10.9 Å². The number of sulfonamides is 1. The summed E-state index contributed by atoms with van der Waals surface area (Å²) in [6, 6.07) is 0.139. The number of nitrogens with zero attached hydrogens (tertiary/aromatic N) is 1. The molecule has 17 heavy (non-hydrogen) atoms. The van der Waals surface area contributed by atoms with Crippen LogP contribution < -0.4 is 10.5 Å². The molecule has 1 unspecified atom stereocenters. The lowest BCUT2D eigenvalue weighted by atomic mass is 10.2. The Morgan fingerprint density at radius 2 is 2.12 bits per heavy atom. The number of hydrogen-bond acceptors (Lipinski definition) is 5. The van der Waals surface area contributed by atoms with Crippen molar-refractivity contribution in [2.45, 2.75) is 33.2 Å². The number of thiazole rings is 1. The average Bonchev–Trinajstić information content (AvgIpc) is 2.51. The first kappa shape index (κ1) is 14.6. The molecule has 5 nitrogen and oxygen atoms in total. The van der Waals surface area contributed by atoms with Crippen LogP contribution in [0, 0.1) is 13.8 Å². The maximum absolute atomic E-state index is 10.7. The summed E-state index contributed by atoms with van der Waals surface area (Å²) in [7, 11) is -3.34. The van der Waals surface area contributed by atoms with E-state index >= 15 is 0 Å². The van der Waals surface area contributed by atoms with Crippen LogP contribution in [0.15, 0.2) is 0 Å². The summed E-state index contributed by atoms with van der Waals surface area (Å²) >= 11 is 1.67. The number of hydrogen-bond donors (Lipinski definition) is 2. The minimum atomic E-state index is -3.34. The van der Waals surface area contributed by atoms with Gasteiger partial charge < -0.3 is 5.32 Å². The lowest BCUT2D eigenvalue weighted by Crippen LogP contribution is -2.24. The standard InChI is InChI=1S/C10H19N3O2S2/c1-7(10-8(2)16-9(3)13-10)12-5-4-6-17(11,14)15/h7,12H,4-6H2,1-3H3,(H2,11,14,15). The fourth-order valence-corrected chi connectivity index (χ4v) is 3.10. The van der Waals surface area contributed by atoms with Gasteiger partial charge in [-0.15, -0.1) is 11.3 Å². The topological polar surface area (TPSA) is 85.1 Å². The van der Waals surface area contributed by atoms with E-state index < -0.39 is 10.0 Å². The Labute approximate surface area is 106 Å². The van der Waals surface area contributed by atoms with Crippen LogP contribution >= 0.6 is 11.3 Å². The number of aromatic nitrogens is 1. The lowest BCUT2D eigenvalue weighted by molar-refractivity contribution is 0.551. The van der Waals surface area contributed by atoms with Crippen LogP contribution in [0.5, 0.6) is 0 Å². The first-order valence-corrected chi connectivity index (χ1v) is 8.00. The van der Waals surface area contributed by atoms with Crippen LogP contribution in [0.3, 0.4) is 0 Å². The Hall–Kier alpha value is -0.500. The Morgan fingerprint density at radius 1 is 1.47 bits per heavy atom. The van der Waals surface area contributed by atoms with Crippen molar-refractivity contribution in [2.75, 3.05) is 12.3 Å². The minimum Gasteiger partial charge on any atom is -0.309 e. The third kappa shape index (κ3) is 5.12. The molecule has 0 amide bonds. The lowest BCUT2D eigenvalue weighted by Gasteiger charge is -2.12.